The quantitative estimate of drug-likeness (QED) is 0.249. The number of hydrogen-bond donors (Lipinski definition) is 2. The Morgan fingerprint density at radius 3 is 2.49 bits per heavy atom. The third-order valence-electron chi connectivity index (χ3n) is 7.03. The lowest BCUT2D eigenvalue weighted by Crippen LogP contribution is -2.27. The molecule has 1 saturated carbocycles. The average Bonchev–Trinajstić information content (AvgIpc) is 2.92. The fourth-order valence-corrected chi connectivity index (χ4v) is 4.85. The lowest BCUT2D eigenvalue weighted by molar-refractivity contribution is -0.158. The summed E-state index contributed by atoms with van der Waals surface area (Å²) in [6, 6.07) is 10.3. The van der Waals surface area contributed by atoms with Crippen molar-refractivity contribution in [1.82, 2.24) is 15.0 Å². The fourth-order valence-electron chi connectivity index (χ4n) is 4.85. The van der Waals surface area contributed by atoms with Crippen LogP contribution < -0.4 is 11.1 Å². The number of rotatable bonds is 9. The number of esters is 1. The Hall–Kier alpha value is -4.15. The first kappa shape index (κ1) is 27.9. The maximum atomic E-state index is 13.0. The van der Waals surface area contributed by atoms with E-state index in [4.69, 9.17) is 15.5 Å². The highest BCUT2D eigenvalue weighted by Gasteiger charge is 2.31. The molecule has 1 fully saturated rings. The van der Waals surface area contributed by atoms with E-state index in [2.05, 4.69) is 26.9 Å². The molecular weight excluding hydrogens is 508 g/mol. The Balaban J connectivity index is 1.37. The van der Waals surface area contributed by atoms with Gasteiger partial charge in [-0.3, -0.25) is 9.78 Å². The molecule has 0 saturated heterocycles. The lowest BCUT2D eigenvalue weighted by Gasteiger charge is -2.31. The van der Waals surface area contributed by atoms with Gasteiger partial charge in [-0.2, -0.15) is 0 Å². The number of primary amides is 1. The summed E-state index contributed by atoms with van der Waals surface area (Å²) >= 11 is 0. The number of aryl methyl sites for hydroxylation is 1. The number of anilines is 2. The number of halogens is 2. The van der Waals surface area contributed by atoms with Crippen LogP contribution in [0.5, 0.6) is 0 Å². The van der Waals surface area contributed by atoms with Crippen molar-refractivity contribution in [3.8, 4) is 11.3 Å². The summed E-state index contributed by atoms with van der Waals surface area (Å²) in [5, 5.41) is 3.01. The van der Waals surface area contributed by atoms with Gasteiger partial charge in [0.1, 0.15) is 11.6 Å². The molecule has 1 atom stereocenters. The summed E-state index contributed by atoms with van der Waals surface area (Å²) in [5.74, 6) is 0.771. The summed E-state index contributed by atoms with van der Waals surface area (Å²) in [6.45, 7) is 3.61. The van der Waals surface area contributed by atoms with Crippen LogP contribution >= 0.6 is 0 Å². The summed E-state index contributed by atoms with van der Waals surface area (Å²) in [4.78, 5) is 36.2. The molecule has 1 aliphatic rings. The SMILES string of the molecule is Cc1cc(Nc2cc(C(F)F)ccn2)nc(-c2ccc(C(C)C3CCC(C(=O)OCOC(N)=O)CC3)nc2)c1. The van der Waals surface area contributed by atoms with Crippen LogP contribution in [-0.4, -0.2) is 33.8 Å². The summed E-state index contributed by atoms with van der Waals surface area (Å²) in [5.41, 5.74) is 8.19. The first-order valence-electron chi connectivity index (χ1n) is 12.7. The predicted octanol–water partition coefficient (Wildman–Crippen LogP) is 6.03. The van der Waals surface area contributed by atoms with Crippen LogP contribution in [0.3, 0.4) is 0 Å². The van der Waals surface area contributed by atoms with Gasteiger partial charge >= 0.3 is 12.1 Å². The molecule has 0 spiro atoms. The largest absolute Gasteiger partial charge is 0.428 e. The first-order chi connectivity index (χ1) is 18.7. The number of ether oxygens (including phenoxy) is 2. The Morgan fingerprint density at radius 1 is 1.05 bits per heavy atom. The summed E-state index contributed by atoms with van der Waals surface area (Å²) in [6.07, 6.45) is 2.67. The van der Waals surface area contributed by atoms with E-state index in [9.17, 15) is 18.4 Å². The Kier molecular flexibility index (Phi) is 9.00. The van der Waals surface area contributed by atoms with E-state index in [1.54, 1.807) is 6.20 Å². The third-order valence-corrected chi connectivity index (χ3v) is 7.03. The van der Waals surface area contributed by atoms with E-state index in [0.717, 1.165) is 29.7 Å². The highest BCUT2D eigenvalue weighted by atomic mass is 19.3. The van der Waals surface area contributed by atoms with Crippen LogP contribution in [0, 0.1) is 18.8 Å². The van der Waals surface area contributed by atoms with Crippen LogP contribution in [-0.2, 0) is 14.3 Å². The Bertz CT molecular complexity index is 1300. The Labute approximate surface area is 225 Å². The highest BCUT2D eigenvalue weighted by Crippen LogP contribution is 2.38. The summed E-state index contributed by atoms with van der Waals surface area (Å²) in [7, 11) is 0. The molecule has 0 aromatic carbocycles. The maximum absolute atomic E-state index is 13.0. The lowest BCUT2D eigenvalue weighted by atomic mass is 9.75. The van der Waals surface area contributed by atoms with E-state index in [1.807, 2.05) is 31.2 Å². The number of amides is 1. The molecule has 206 valence electrons. The van der Waals surface area contributed by atoms with Crippen molar-refractivity contribution < 1.29 is 27.8 Å². The van der Waals surface area contributed by atoms with Gasteiger partial charge in [-0.1, -0.05) is 6.92 Å². The van der Waals surface area contributed by atoms with Gasteiger partial charge in [0.2, 0.25) is 6.79 Å². The molecule has 0 aliphatic heterocycles. The minimum Gasteiger partial charge on any atom is -0.428 e. The molecule has 39 heavy (non-hydrogen) atoms. The van der Waals surface area contributed by atoms with Crippen molar-refractivity contribution in [1.29, 1.82) is 0 Å². The molecule has 3 aromatic rings. The third kappa shape index (κ3) is 7.46. The molecule has 3 heterocycles. The van der Waals surface area contributed by atoms with Crippen molar-refractivity contribution in [2.45, 2.75) is 51.9 Å². The smallest absolute Gasteiger partial charge is 0.407 e. The van der Waals surface area contributed by atoms with E-state index in [1.165, 1.54) is 18.3 Å². The normalized spacial score (nSPS) is 17.9. The number of alkyl halides is 2. The number of carbonyl (C=O) groups excluding carboxylic acids is 2. The van der Waals surface area contributed by atoms with E-state index in [0.29, 0.717) is 36.1 Å². The van der Waals surface area contributed by atoms with Gasteiger partial charge in [-0.05, 0) is 80.5 Å². The molecule has 11 heteroatoms. The minimum absolute atomic E-state index is 0.113. The molecular formula is C28H31F2N5O4. The minimum atomic E-state index is -2.58. The predicted molar refractivity (Wildman–Crippen MR) is 140 cm³/mol. The van der Waals surface area contributed by atoms with Gasteiger partial charge in [0, 0.05) is 35.1 Å². The topological polar surface area (TPSA) is 129 Å². The average molecular weight is 540 g/mol. The molecule has 3 aromatic heterocycles. The highest BCUT2D eigenvalue weighted by molar-refractivity contribution is 5.72. The zero-order chi connectivity index (χ0) is 27.9. The van der Waals surface area contributed by atoms with Crippen molar-refractivity contribution >= 4 is 23.7 Å². The standard InChI is InChI=1S/C28H31F2N5O4/c1-16-11-23(34-25(12-16)35-24-13-20(26(29)30)9-10-32-24)21-7-8-22(33-14-21)17(2)18-3-5-19(6-4-18)27(36)38-15-39-28(31)37/h7-14,17-19,26H,3-6,15H2,1-2H3,(H2,31,37)(H,32,34,35). The van der Waals surface area contributed by atoms with Crippen LogP contribution in [0.2, 0.25) is 0 Å². The molecule has 1 unspecified atom stereocenters. The number of hydrogen-bond acceptors (Lipinski definition) is 8. The number of aromatic nitrogens is 3. The van der Waals surface area contributed by atoms with E-state index < -0.39 is 19.3 Å². The molecule has 0 bridgehead atoms. The van der Waals surface area contributed by atoms with E-state index >= 15 is 0 Å². The van der Waals surface area contributed by atoms with Gasteiger partial charge in [0.15, 0.2) is 0 Å². The molecule has 1 amide bonds. The zero-order valence-corrected chi connectivity index (χ0v) is 21.8. The maximum Gasteiger partial charge on any atom is 0.407 e. The number of pyridine rings is 3. The number of nitrogens with two attached hydrogens (primary N) is 1. The van der Waals surface area contributed by atoms with Crippen LogP contribution in [0.1, 0.15) is 61.8 Å². The van der Waals surface area contributed by atoms with Crippen molar-refractivity contribution in [2.75, 3.05) is 12.1 Å². The second kappa shape index (κ2) is 12.6. The molecule has 3 N–H and O–H groups in total. The monoisotopic (exact) mass is 539 g/mol. The van der Waals surface area contributed by atoms with Crippen molar-refractivity contribution in [3.63, 3.8) is 0 Å². The van der Waals surface area contributed by atoms with Gasteiger partial charge in [-0.25, -0.2) is 23.5 Å². The molecule has 1 aliphatic carbocycles. The number of nitrogens with zero attached hydrogens (tertiary/aromatic N) is 3. The van der Waals surface area contributed by atoms with Crippen LogP contribution in [0.4, 0.5) is 25.2 Å². The van der Waals surface area contributed by atoms with Crippen molar-refractivity contribution in [3.05, 3.63) is 65.6 Å². The van der Waals surface area contributed by atoms with Crippen LogP contribution in [0.15, 0.2) is 48.8 Å². The molecule has 4 rings (SSSR count). The van der Waals surface area contributed by atoms with Crippen molar-refractivity contribution in [2.24, 2.45) is 17.6 Å². The van der Waals surface area contributed by atoms with Gasteiger partial charge in [0.05, 0.1) is 11.6 Å². The van der Waals surface area contributed by atoms with Gasteiger partial charge in [0.25, 0.3) is 6.43 Å². The Morgan fingerprint density at radius 2 is 1.82 bits per heavy atom. The summed E-state index contributed by atoms with van der Waals surface area (Å²) < 4.78 is 35.5. The number of nitrogens with one attached hydrogen (secondary N) is 1. The molecule has 9 nitrogen and oxygen atoms in total. The first-order valence-corrected chi connectivity index (χ1v) is 12.7. The van der Waals surface area contributed by atoms with Gasteiger partial charge in [-0.15, -0.1) is 0 Å². The van der Waals surface area contributed by atoms with Gasteiger partial charge < -0.3 is 20.5 Å². The fraction of sp³-hybridized carbons (Fsp3) is 0.393. The number of carbonyl (C=O) groups is 2. The second-order valence-electron chi connectivity index (χ2n) is 9.73. The zero-order valence-electron chi connectivity index (χ0n) is 21.8. The van der Waals surface area contributed by atoms with E-state index in [-0.39, 0.29) is 23.4 Å². The van der Waals surface area contributed by atoms with Crippen LogP contribution in [0.25, 0.3) is 11.3 Å². The molecule has 0 radical (unpaired) electrons. The second-order valence-corrected chi connectivity index (χ2v) is 9.73.